The van der Waals surface area contributed by atoms with Gasteiger partial charge in [0, 0.05) is 37.8 Å². The number of carbonyl (C=O) groups is 1. The number of halogens is 1. The number of aryl methyl sites for hydroxylation is 2. The van der Waals surface area contributed by atoms with Crippen LogP contribution in [-0.4, -0.2) is 71.7 Å². The molecule has 5 heterocycles. The quantitative estimate of drug-likeness (QED) is 0.153. The van der Waals surface area contributed by atoms with Crippen LogP contribution in [0.5, 0.6) is 0 Å². The van der Waals surface area contributed by atoms with Gasteiger partial charge in [0.25, 0.3) is 5.56 Å². The van der Waals surface area contributed by atoms with E-state index in [1.807, 2.05) is 44.3 Å². The molecule has 54 heavy (non-hydrogen) atoms. The zero-order valence-corrected chi connectivity index (χ0v) is 31.4. The first-order valence-corrected chi connectivity index (χ1v) is 19.7. The summed E-state index contributed by atoms with van der Waals surface area (Å²) in [6, 6.07) is 19.6. The average Bonchev–Trinajstić information content (AvgIpc) is 3.54. The Bertz CT molecular complexity index is 2230. The summed E-state index contributed by atoms with van der Waals surface area (Å²) in [6.45, 7) is 7.62. The van der Waals surface area contributed by atoms with Crippen LogP contribution in [0.2, 0.25) is 0 Å². The molecule has 2 saturated heterocycles. The van der Waals surface area contributed by atoms with Gasteiger partial charge in [-0.3, -0.25) is 23.7 Å². The summed E-state index contributed by atoms with van der Waals surface area (Å²) in [6.07, 6.45) is 10.5. The number of benzene rings is 2. The Labute approximate surface area is 315 Å². The Balaban J connectivity index is 1.00. The topological polar surface area (TPSA) is 98.3 Å². The molecule has 3 aliphatic rings. The van der Waals surface area contributed by atoms with Crippen molar-refractivity contribution in [2.24, 2.45) is 13.0 Å². The summed E-state index contributed by atoms with van der Waals surface area (Å²) in [5, 5.41) is 4.40. The molecule has 0 amide bonds. The van der Waals surface area contributed by atoms with Crippen molar-refractivity contribution >= 4 is 16.8 Å². The summed E-state index contributed by atoms with van der Waals surface area (Å²) < 4.78 is 19.0. The number of hydrogen-bond acceptors (Lipinski definition) is 7. The van der Waals surface area contributed by atoms with E-state index in [1.165, 1.54) is 66.0 Å². The fourth-order valence-corrected chi connectivity index (χ4v) is 9.02. The molecule has 10 nitrogen and oxygen atoms in total. The highest BCUT2D eigenvalue weighted by Gasteiger charge is 2.29. The molecule has 0 atom stereocenters. The molecule has 282 valence electrons. The molecule has 0 unspecified atom stereocenters. The lowest BCUT2D eigenvalue weighted by Gasteiger charge is -2.40. The van der Waals surface area contributed by atoms with Crippen molar-refractivity contribution in [3.05, 3.63) is 110 Å². The first kappa shape index (κ1) is 36.2. The van der Waals surface area contributed by atoms with Gasteiger partial charge in [-0.1, -0.05) is 42.8 Å². The van der Waals surface area contributed by atoms with Crippen molar-refractivity contribution < 1.29 is 9.18 Å². The summed E-state index contributed by atoms with van der Waals surface area (Å²) in [7, 11) is 1.82. The Hall–Kier alpha value is -4.74. The third-order valence-corrected chi connectivity index (χ3v) is 12.2. The molecular weight excluding hydrogens is 682 g/mol. The van der Waals surface area contributed by atoms with Gasteiger partial charge in [-0.05, 0) is 131 Å². The lowest BCUT2D eigenvalue weighted by molar-refractivity contribution is 0.0896. The Morgan fingerprint density at radius 2 is 1.57 bits per heavy atom. The zero-order valence-electron chi connectivity index (χ0n) is 31.4. The van der Waals surface area contributed by atoms with E-state index in [2.05, 4.69) is 44.1 Å². The monoisotopic (exact) mass is 731 g/mol. The second-order valence-corrected chi connectivity index (χ2v) is 15.8. The maximum atomic E-state index is 14.6. The van der Waals surface area contributed by atoms with Gasteiger partial charge in [0.1, 0.15) is 11.5 Å². The highest BCUT2D eigenvalue weighted by atomic mass is 19.1. The van der Waals surface area contributed by atoms with Crippen molar-refractivity contribution in [1.29, 1.82) is 0 Å². The van der Waals surface area contributed by atoms with Gasteiger partial charge in [0.15, 0.2) is 11.4 Å². The standard InChI is InChI=1S/C43H50FN7O3/c1-29-23-39(46-47(29)2)40(52)24-30-11-15-36(16-12-30)51-42(53)38-26-34(44)27-45-41(38)50(43(51)54)37-8-6-7-33(25-37)32-13-9-31(10-14-32)28-48-21-17-35(18-22-48)49-19-4-3-5-20-49/h6-10,13-14,23,25-27,30,35-36H,3-5,11-12,15-22,24,28H2,1-2H3. The van der Waals surface area contributed by atoms with Crippen molar-refractivity contribution in [2.75, 3.05) is 26.2 Å². The molecule has 3 fully saturated rings. The lowest BCUT2D eigenvalue weighted by Crippen LogP contribution is -2.46. The third kappa shape index (κ3) is 7.48. The number of ketones is 1. The maximum Gasteiger partial charge on any atom is 0.337 e. The second kappa shape index (κ2) is 15.5. The number of fused-ring (bicyclic) bond motifs is 1. The number of Topliss-reactive ketones (excluding diaryl/α,β-unsaturated/α-hetero) is 1. The molecule has 0 bridgehead atoms. The number of nitrogens with zero attached hydrogens (tertiary/aromatic N) is 7. The molecule has 2 aliphatic heterocycles. The van der Waals surface area contributed by atoms with Crippen molar-refractivity contribution in [1.82, 2.24) is 33.7 Å². The predicted octanol–water partition coefficient (Wildman–Crippen LogP) is 6.85. The molecule has 0 spiro atoms. The number of piperidine rings is 2. The number of likely N-dealkylation sites (tertiary alicyclic amines) is 2. The second-order valence-electron chi connectivity index (χ2n) is 15.8. The molecule has 0 N–H and O–H groups in total. The largest absolute Gasteiger partial charge is 0.337 e. The minimum atomic E-state index is -0.636. The van der Waals surface area contributed by atoms with Gasteiger partial charge in [-0.25, -0.2) is 18.7 Å². The third-order valence-electron chi connectivity index (χ3n) is 12.2. The molecule has 3 aromatic heterocycles. The Morgan fingerprint density at radius 3 is 2.28 bits per heavy atom. The molecule has 8 rings (SSSR count). The summed E-state index contributed by atoms with van der Waals surface area (Å²) in [5.41, 5.74) is 4.26. The number of aromatic nitrogens is 5. The molecule has 11 heteroatoms. The fraction of sp³-hybridized carbons (Fsp3) is 0.465. The van der Waals surface area contributed by atoms with Gasteiger partial charge in [0.2, 0.25) is 0 Å². The minimum absolute atomic E-state index is 0.00621. The van der Waals surface area contributed by atoms with E-state index in [1.54, 1.807) is 4.68 Å². The van der Waals surface area contributed by atoms with Gasteiger partial charge >= 0.3 is 5.69 Å². The molecular formula is C43H50FN7O3. The Kier molecular flexibility index (Phi) is 10.4. The van der Waals surface area contributed by atoms with E-state index < -0.39 is 17.1 Å². The number of rotatable bonds is 9. The van der Waals surface area contributed by atoms with Crippen LogP contribution in [0, 0.1) is 18.7 Å². The van der Waals surface area contributed by atoms with E-state index in [-0.39, 0.29) is 28.8 Å². The molecule has 5 aromatic rings. The highest BCUT2D eigenvalue weighted by Crippen LogP contribution is 2.34. The minimum Gasteiger partial charge on any atom is -0.300 e. The SMILES string of the molecule is Cc1cc(C(=O)CC2CCC(n3c(=O)c4cc(F)cnc4n(-c4cccc(-c5ccc(CN6CCC(N7CCCCC7)CC6)cc5)c4)c3=O)CC2)nn1C. The number of pyridine rings is 1. The first-order valence-electron chi connectivity index (χ1n) is 19.7. The van der Waals surface area contributed by atoms with Crippen molar-refractivity contribution in [3.63, 3.8) is 0 Å². The molecule has 2 aromatic carbocycles. The van der Waals surface area contributed by atoms with Gasteiger partial charge in [-0.15, -0.1) is 0 Å². The molecule has 0 radical (unpaired) electrons. The van der Waals surface area contributed by atoms with Crippen LogP contribution in [0.3, 0.4) is 0 Å². The summed E-state index contributed by atoms with van der Waals surface area (Å²) >= 11 is 0. The van der Waals surface area contributed by atoms with Crippen molar-refractivity contribution in [2.45, 2.75) is 89.8 Å². The average molecular weight is 732 g/mol. The predicted molar refractivity (Wildman–Crippen MR) is 209 cm³/mol. The smallest absolute Gasteiger partial charge is 0.300 e. The van der Waals surface area contributed by atoms with Gasteiger partial charge in [0.05, 0.1) is 17.3 Å². The summed E-state index contributed by atoms with van der Waals surface area (Å²) in [4.78, 5) is 50.8. The number of carbonyl (C=O) groups excluding carboxylic acids is 1. The van der Waals surface area contributed by atoms with Crippen molar-refractivity contribution in [3.8, 4) is 16.8 Å². The van der Waals surface area contributed by atoms with E-state index in [9.17, 15) is 18.8 Å². The highest BCUT2D eigenvalue weighted by molar-refractivity contribution is 5.94. The molecule has 1 saturated carbocycles. The van der Waals surface area contributed by atoms with Crippen LogP contribution < -0.4 is 11.2 Å². The first-order chi connectivity index (χ1) is 26.2. The van der Waals surface area contributed by atoms with E-state index in [0.717, 1.165) is 48.7 Å². The lowest BCUT2D eigenvalue weighted by atomic mass is 9.82. The van der Waals surface area contributed by atoms with Gasteiger partial charge in [-0.2, -0.15) is 5.10 Å². The van der Waals surface area contributed by atoms with E-state index >= 15 is 0 Å². The van der Waals surface area contributed by atoms with E-state index in [4.69, 9.17) is 0 Å². The normalized spacial score (nSPS) is 20.4. The Morgan fingerprint density at radius 1 is 0.833 bits per heavy atom. The molecule has 1 aliphatic carbocycles. The van der Waals surface area contributed by atoms with Gasteiger partial charge < -0.3 is 4.90 Å². The van der Waals surface area contributed by atoms with Crippen LogP contribution in [0.4, 0.5) is 4.39 Å². The van der Waals surface area contributed by atoms with Crippen LogP contribution in [0.1, 0.15) is 92.0 Å². The summed E-state index contributed by atoms with van der Waals surface area (Å²) in [5.74, 6) is -0.497. The van der Waals surface area contributed by atoms with Crippen LogP contribution in [0.15, 0.2) is 76.4 Å². The number of hydrogen-bond donors (Lipinski definition) is 0. The van der Waals surface area contributed by atoms with Crippen LogP contribution in [0.25, 0.3) is 27.8 Å². The fourth-order valence-electron chi connectivity index (χ4n) is 9.02. The zero-order chi connectivity index (χ0) is 37.3. The van der Waals surface area contributed by atoms with Crippen LogP contribution >= 0.6 is 0 Å². The maximum absolute atomic E-state index is 14.6. The van der Waals surface area contributed by atoms with E-state index in [0.29, 0.717) is 43.5 Å². The van der Waals surface area contributed by atoms with Crippen LogP contribution in [-0.2, 0) is 13.6 Å².